The second-order valence-corrected chi connectivity index (χ2v) is 3.60. The van der Waals surface area contributed by atoms with Crippen molar-refractivity contribution < 1.29 is 9.63 Å². The Morgan fingerprint density at radius 1 is 1.31 bits per heavy atom. The van der Waals surface area contributed by atoms with E-state index in [-0.39, 0.29) is 0 Å². The average molecular weight is 220 g/mol. The molecule has 0 unspecified atom stereocenters. The van der Waals surface area contributed by atoms with Gasteiger partial charge in [-0.15, -0.1) is 0 Å². The quantitative estimate of drug-likeness (QED) is 0.472. The lowest BCUT2D eigenvalue weighted by atomic mass is 10.0. The molecular weight excluding hydrogens is 204 g/mol. The molecule has 4 heteroatoms. The van der Waals surface area contributed by atoms with Crippen molar-refractivity contribution in [2.45, 2.75) is 20.8 Å². The molecular formula is C12H16N2O2. The minimum absolute atomic E-state index is 0.566. The fourth-order valence-electron chi connectivity index (χ4n) is 1.17. The van der Waals surface area contributed by atoms with Gasteiger partial charge in [0.2, 0.25) is 0 Å². The molecule has 0 aliphatic carbocycles. The van der Waals surface area contributed by atoms with E-state index in [0.717, 1.165) is 5.56 Å². The van der Waals surface area contributed by atoms with Gasteiger partial charge in [0.1, 0.15) is 0 Å². The molecule has 0 aromatic heterocycles. The Morgan fingerprint density at radius 3 is 2.56 bits per heavy atom. The van der Waals surface area contributed by atoms with Crippen molar-refractivity contribution in [3.05, 3.63) is 34.9 Å². The lowest BCUT2D eigenvalue weighted by molar-refractivity contribution is 0.153. The van der Waals surface area contributed by atoms with Crippen LogP contribution in [0.1, 0.15) is 23.6 Å². The Kier molecular flexibility index (Phi) is 4.05. The van der Waals surface area contributed by atoms with Crippen LogP contribution >= 0.6 is 0 Å². The van der Waals surface area contributed by atoms with Gasteiger partial charge in [0.25, 0.3) is 0 Å². The highest BCUT2D eigenvalue weighted by Gasteiger charge is 2.02. The average Bonchev–Trinajstić information content (AvgIpc) is 2.29. The van der Waals surface area contributed by atoms with Gasteiger partial charge in [0.05, 0.1) is 5.71 Å². The first-order chi connectivity index (χ1) is 7.54. The molecule has 0 spiro atoms. The standard InChI is InChI=1S/C12H16N2O2/c1-8-5-6-11(7-9(8)2)10(3)14-16-12(15)13-4/h5-7H,1-4H3,(H,13,15)/b14-10+. The number of hydrogen-bond acceptors (Lipinski definition) is 3. The first-order valence-corrected chi connectivity index (χ1v) is 5.05. The zero-order chi connectivity index (χ0) is 12.1. The van der Waals surface area contributed by atoms with Crippen LogP contribution in [0.5, 0.6) is 0 Å². The minimum Gasteiger partial charge on any atom is -0.323 e. The van der Waals surface area contributed by atoms with Crippen LogP contribution in [0, 0.1) is 13.8 Å². The number of benzene rings is 1. The summed E-state index contributed by atoms with van der Waals surface area (Å²) in [6, 6.07) is 5.99. The summed E-state index contributed by atoms with van der Waals surface area (Å²) < 4.78 is 0. The Balaban J connectivity index is 2.83. The van der Waals surface area contributed by atoms with Gasteiger partial charge in [-0.25, -0.2) is 4.79 Å². The van der Waals surface area contributed by atoms with Crippen LogP contribution in [0.25, 0.3) is 0 Å². The van der Waals surface area contributed by atoms with Crippen LogP contribution in [-0.4, -0.2) is 18.9 Å². The van der Waals surface area contributed by atoms with Crippen molar-refractivity contribution in [3.8, 4) is 0 Å². The highest BCUT2D eigenvalue weighted by atomic mass is 16.7. The maximum absolute atomic E-state index is 10.8. The molecule has 1 N–H and O–H groups in total. The second kappa shape index (κ2) is 5.30. The number of oxime groups is 1. The van der Waals surface area contributed by atoms with Crippen LogP contribution in [0.3, 0.4) is 0 Å². The molecule has 86 valence electrons. The topological polar surface area (TPSA) is 50.7 Å². The fourth-order valence-corrected chi connectivity index (χ4v) is 1.17. The molecule has 0 saturated heterocycles. The molecule has 0 atom stereocenters. The van der Waals surface area contributed by atoms with E-state index in [2.05, 4.69) is 15.3 Å². The van der Waals surface area contributed by atoms with Crippen molar-refractivity contribution in [3.63, 3.8) is 0 Å². The second-order valence-electron chi connectivity index (χ2n) is 3.60. The van der Waals surface area contributed by atoms with Crippen LogP contribution in [-0.2, 0) is 4.84 Å². The van der Waals surface area contributed by atoms with Gasteiger partial charge in [-0.3, -0.25) is 4.84 Å². The molecule has 4 nitrogen and oxygen atoms in total. The molecule has 1 amide bonds. The summed E-state index contributed by atoms with van der Waals surface area (Å²) in [5.74, 6) is 0. The maximum atomic E-state index is 10.8. The molecule has 0 aliphatic heterocycles. The van der Waals surface area contributed by atoms with E-state index in [9.17, 15) is 4.79 Å². The zero-order valence-corrected chi connectivity index (χ0v) is 10.00. The first kappa shape index (κ1) is 12.2. The Labute approximate surface area is 95.3 Å². The fraction of sp³-hybridized carbons (Fsp3) is 0.333. The molecule has 1 aromatic rings. The molecule has 0 aliphatic rings. The largest absolute Gasteiger partial charge is 0.433 e. The molecule has 0 heterocycles. The van der Waals surface area contributed by atoms with Gasteiger partial charge in [-0.05, 0) is 43.5 Å². The number of nitrogens with one attached hydrogen (secondary N) is 1. The van der Waals surface area contributed by atoms with Gasteiger partial charge < -0.3 is 5.32 Å². The SMILES string of the molecule is CNC(=O)O/N=C(\C)c1ccc(C)c(C)c1. The summed E-state index contributed by atoms with van der Waals surface area (Å²) in [6.07, 6.45) is -0.566. The van der Waals surface area contributed by atoms with Gasteiger partial charge in [-0.2, -0.15) is 0 Å². The predicted molar refractivity (Wildman–Crippen MR) is 63.7 cm³/mol. The van der Waals surface area contributed by atoms with E-state index in [4.69, 9.17) is 0 Å². The third-order valence-corrected chi connectivity index (χ3v) is 2.39. The van der Waals surface area contributed by atoms with E-state index >= 15 is 0 Å². The van der Waals surface area contributed by atoms with Crippen molar-refractivity contribution in [1.29, 1.82) is 0 Å². The summed E-state index contributed by atoms with van der Waals surface area (Å²) in [5.41, 5.74) is 4.04. The van der Waals surface area contributed by atoms with Crippen LogP contribution in [0.2, 0.25) is 0 Å². The van der Waals surface area contributed by atoms with E-state index in [1.165, 1.54) is 18.2 Å². The number of hydrogen-bond donors (Lipinski definition) is 1. The monoisotopic (exact) mass is 220 g/mol. The molecule has 0 bridgehead atoms. The molecule has 0 radical (unpaired) electrons. The summed E-state index contributed by atoms with van der Waals surface area (Å²) in [7, 11) is 1.49. The minimum atomic E-state index is -0.566. The number of carbonyl (C=O) groups is 1. The lowest BCUT2D eigenvalue weighted by Crippen LogP contribution is -2.17. The molecule has 1 aromatic carbocycles. The van der Waals surface area contributed by atoms with Crippen molar-refractivity contribution in [1.82, 2.24) is 5.32 Å². The summed E-state index contributed by atoms with van der Waals surface area (Å²) in [6.45, 7) is 5.88. The number of rotatable bonds is 2. The van der Waals surface area contributed by atoms with E-state index < -0.39 is 6.09 Å². The number of carbonyl (C=O) groups excluding carboxylic acids is 1. The Bertz CT molecular complexity index is 425. The number of amides is 1. The van der Waals surface area contributed by atoms with Gasteiger partial charge in [-0.1, -0.05) is 17.3 Å². The number of aryl methyl sites for hydroxylation is 2. The van der Waals surface area contributed by atoms with E-state index in [1.807, 2.05) is 32.0 Å². The third kappa shape index (κ3) is 3.08. The Morgan fingerprint density at radius 2 is 2.00 bits per heavy atom. The lowest BCUT2D eigenvalue weighted by Gasteiger charge is -2.04. The summed E-state index contributed by atoms with van der Waals surface area (Å²) in [5, 5.41) is 6.06. The third-order valence-electron chi connectivity index (χ3n) is 2.39. The predicted octanol–water partition coefficient (Wildman–Crippen LogP) is 2.38. The van der Waals surface area contributed by atoms with Crippen LogP contribution in [0.15, 0.2) is 23.4 Å². The summed E-state index contributed by atoms with van der Waals surface area (Å²) >= 11 is 0. The van der Waals surface area contributed by atoms with Crippen molar-refractivity contribution >= 4 is 11.8 Å². The Hall–Kier alpha value is -1.84. The normalized spacial score (nSPS) is 11.1. The molecule has 0 fully saturated rings. The van der Waals surface area contributed by atoms with Crippen LogP contribution < -0.4 is 5.32 Å². The highest BCUT2D eigenvalue weighted by molar-refractivity contribution is 5.98. The van der Waals surface area contributed by atoms with Gasteiger partial charge >= 0.3 is 6.09 Å². The smallest absolute Gasteiger partial charge is 0.323 e. The van der Waals surface area contributed by atoms with E-state index in [1.54, 1.807) is 6.92 Å². The van der Waals surface area contributed by atoms with Gasteiger partial charge in [0, 0.05) is 7.05 Å². The van der Waals surface area contributed by atoms with Gasteiger partial charge in [0.15, 0.2) is 0 Å². The molecule has 0 saturated carbocycles. The number of nitrogens with zero attached hydrogens (tertiary/aromatic N) is 1. The maximum Gasteiger partial charge on any atom is 0.433 e. The first-order valence-electron chi connectivity index (χ1n) is 5.05. The van der Waals surface area contributed by atoms with Crippen LogP contribution in [0.4, 0.5) is 4.79 Å². The zero-order valence-electron chi connectivity index (χ0n) is 10.00. The molecule has 16 heavy (non-hydrogen) atoms. The van der Waals surface area contributed by atoms with E-state index in [0.29, 0.717) is 5.71 Å². The molecule has 1 rings (SSSR count). The highest BCUT2D eigenvalue weighted by Crippen LogP contribution is 2.10. The summed E-state index contributed by atoms with van der Waals surface area (Å²) in [4.78, 5) is 15.4. The van der Waals surface area contributed by atoms with Crippen molar-refractivity contribution in [2.75, 3.05) is 7.05 Å². The van der Waals surface area contributed by atoms with Crippen molar-refractivity contribution in [2.24, 2.45) is 5.16 Å².